The molecule has 1 amide bonds. The highest BCUT2D eigenvalue weighted by molar-refractivity contribution is 6.01. The summed E-state index contributed by atoms with van der Waals surface area (Å²) in [6.45, 7) is 5.67. The highest BCUT2D eigenvalue weighted by Gasteiger charge is 2.27. The number of ether oxygens (including phenoxy) is 1. The number of carbonyl (C=O) groups excluding carboxylic acids is 1. The molecule has 0 radical (unpaired) electrons. The van der Waals surface area contributed by atoms with Crippen molar-refractivity contribution in [3.05, 3.63) is 0 Å². The number of amides is 1. The van der Waals surface area contributed by atoms with Crippen LogP contribution in [0.25, 0.3) is 0 Å². The fourth-order valence-electron chi connectivity index (χ4n) is 1.97. The largest absolute Gasteiger partial charge is 0.409 e. The summed E-state index contributed by atoms with van der Waals surface area (Å²) in [6.07, 6.45) is 1.95. The van der Waals surface area contributed by atoms with Crippen LogP contribution in [0.1, 0.15) is 26.7 Å². The van der Waals surface area contributed by atoms with Crippen LogP contribution in [0, 0.1) is 5.92 Å². The molecule has 6 nitrogen and oxygen atoms in total. The molecule has 6 heteroatoms. The van der Waals surface area contributed by atoms with Gasteiger partial charge in [-0.25, -0.2) is 0 Å². The zero-order valence-corrected chi connectivity index (χ0v) is 10.4. The quantitative estimate of drug-likeness (QED) is 0.324. The minimum Gasteiger partial charge on any atom is -0.409 e. The maximum Gasteiger partial charge on any atom is 0.233 e. The van der Waals surface area contributed by atoms with Crippen molar-refractivity contribution < 1.29 is 14.7 Å². The SMILES string of the molecule is CCOC1CCN(C(=O)C(C)C(N)=NO)CC1. The van der Waals surface area contributed by atoms with Crippen LogP contribution < -0.4 is 5.73 Å². The molecule has 0 aromatic carbocycles. The molecule has 0 saturated carbocycles. The first-order chi connectivity index (χ1) is 8.10. The third-order valence-electron chi connectivity index (χ3n) is 3.09. The van der Waals surface area contributed by atoms with E-state index in [4.69, 9.17) is 15.7 Å². The first-order valence-corrected chi connectivity index (χ1v) is 5.98. The van der Waals surface area contributed by atoms with Gasteiger partial charge in [-0.3, -0.25) is 4.79 Å². The van der Waals surface area contributed by atoms with Crippen LogP contribution in [-0.2, 0) is 9.53 Å². The van der Waals surface area contributed by atoms with Gasteiger partial charge in [0.25, 0.3) is 0 Å². The summed E-state index contributed by atoms with van der Waals surface area (Å²) in [7, 11) is 0. The van der Waals surface area contributed by atoms with Crippen molar-refractivity contribution in [3.63, 3.8) is 0 Å². The Balaban J connectivity index is 2.46. The lowest BCUT2D eigenvalue weighted by Gasteiger charge is -2.33. The van der Waals surface area contributed by atoms with Crippen molar-refractivity contribution >= 4 is 11.7 Å². The van der Waals surface area contributed by atoms with Crippen LogP contribution in [0.15, 0.2) is 5.16 Å². The third-order valence-corrected chi connectivity index (χ3v) is 3.09. The van der Waals surface area contributed by atoms with Crippen molar-refractivity contribution in [1.29, 1.82) is 0 Å². The lowest BCUT2D eigenvalue weighted by molar-refractivity contribution is -0.135. The molecule has 1 saturated heterocycles. The minimum atomic E-state index is -0.566. The average Bonchev–Trinajstić information content (AvgIpc) is 2.37. The summed E-state index contributed by atoms with van der Waals surface area (Å²) in [5.41, 5.74) is 5.43. The predicted octanol–water partition coefficient (Wildman–Crippen LogP) is 0.396. The number of nitrogens with zero attached hydrogens (tertiary/aromatic N) is 2. The van der Waals surface area contributed by atoms with Gasteiger partial charge in [0, 0.05) is 19.7 Å². The molecule has 0 aromatic rings. The Labute approximate surface area is 101 Å². The molecule has 1 fully saturated rings. The van der Waals surface area contributed by atoms with E-state index in [1.165, 1.54) is 0 Å². The average molecular weight is 243 g/mol. The fourth-order valence-corrected chi connectivity index (χ4v) is 1.97. The Morgan fingerprint density at radius 2 is 2.18 bits per heavy atom. The zero-order chi connectivity index (χ0) is 12.8. The summed E-state index contributed by atoms with van der Waals surface area (Å²) in [5, 5.41) is 11.4. The molecule has 1 aliphatic rings. The molecule has 1 aliphatic heterocycles. The van der Waals surface area contributed by atoms with Crippen LogP contribution in [-0.4, -0.2) is 47.7 Å². The molecule has 98 valence electrons. The number of carbonyl (C=O) groups is 1. The summed E-state index contributed by atoms with van der Waals surface area (Å²) < 4.78 is 5.51. The van der Waals surface area contributed by atoms with Gasteiger partial charge in [0.1, 0.15) is 0 Å². The zero-order valence-electron chi connectivity index (χ0n) is 10.4. The van der Waals surface area contributed by atoms with E-state index in [1.54, 1.807) is 11.8 Å². The topological polar surface area (TPSA) is 88.2 Å². The van der Waals surface area contributed by atoms with Crippen molar-refractivity contribution in [2.75, 3.05) is 19.7 Å². The molecule has 1 atom stereocenters. The minimum absolute atomic E-state index is 0.0399. The van der Waals surface area contributed by atoms with Gasteiger partial charge in [-0.05, 0) is 26.7 Å². The molecule has 0 aromatic heterocycles. The Bertz CT molecular complexity index is 286. The van der Waals surface area contributed by atoms with Crippen LogP contribution in [0.2, 0.25) is 0 Å². The van der Waals surface area contributed by atoms with E-state index in [9.17, 15) is 4.79 Å². The number of piperidine rings is 1. The monoisotopic (exact) mass is 243 g/mol. The maximum atomic E-state index is 12.0. The molecule has 0 aliphatic carbocycles. The number of rotatable bonds is 4. The second kappa shape index (κ2) is 6.44. The van der Waals surface area contributed by atoms with Gasteiger partial charge in [0.05, 0.1) is 12.0 Å². The van der Waals surface area contributed by atoms with Gasteiger partial charge in [0.15, 0.2) is 5.84 Å². The van der Waals surface area contributed by atoms with Crippen molar-refractivity contribution in [2.24, 2.45) is 16.8 Å². The van der Waals surface area contributed by atoms with E-state index in [0.29, 0.717) is 19.7 Å². The smallest absolute Gasteiger partial charge is 0.233 e. The first kappa shape index (κ1) is 13.8. The molecule has 0 spiro atoms. The van der Waals surface area contributed by atoms with Crippen molar-refractivity contribution in [3.8, 4) is 0 Å². The molecule has 3 N–H and O–H groups in total. The Morgan fingerprint density at radius 3 is 2.65 bits per heavy atom. The summed E-state index contributed by atoms with van der Waals surface area (Å²) in [4.78, 5) is 13.7. The Morgan fingerprint density at radius 1 is 1.59 bits per heavy atom. The third kappa shape index (κ3) is 3.59. The lowest BCUT2D eigenvalue weighted by Crippen LogP contribution is -2.45. The lowest BCUT2D eigenvalue weighted by atomic mass is 10.0. The normalized spacial score (nSPS) is 20.4. The molecule has 1 unspecified atom stereocenters. The number of likely N-dealkylation sites (tertiary alicyclic amines) is 1. The summed E-state index contributed by atoms with van der Waals surface area (Å²) in [6, 6.07) is 0. The maximum absolute atomic E-state index is 12.0. The number of nitrogens with two attached hydrogens (primary N) is 1. The van der Waals surface area contributed by atoms with E-state index < -0.39 is 5.92 Å². The van der Waals surface area contributed by atoms with E-state index >= 15 is 0 Å². The highest BCUT2D eigenvalue weighted by Crippen LogP contribution is 2.15. The molecule has 17 heavy (non-hydrogen) atoms. The van der Waals surface area contributed by atoms with Gasteiger partial charge in [-0.15, -0.1) is 0 Å². The number of amidine groups is 1. The molecular formula is C11H21N3O3. The van der Waals surface area contributed by atoms with Crippen molar-refractivity contribution in [1.82, 2.24) is 4.90 Å². The standard InChI is InChI=1S/C11H21N3O3/c1-3-17-9-4-6-14(7-5-9)11(15)8(2)10(12)13-16/h8-9,16H,3-7H2,1-2H3,(H2,12,13). The second-order valence-electron chi connectivity index (χ2n) is 4.23. The van der Waals surface area contributed by atoms with Crippen LogP contribution in [0.3, 0.4) is 0 Å². The molecule has 1 rings (SSSR count). The Hall–Kier alpha value is -1.30. The number of oxime groups is 1. The van der Waals surface area contributed by atoms with Gasteiger partial charge < -0.3 is 20.6 Å². The fraction of sp³-hybridized carbons (Fsp3) is 0.818. The van der Waals surface area contributed by atoms with Crippen LogP contribution >= 0.6 is 0 Å². The molecule has 0 bridgehead atoms. The van der Waals surface area contributed by atoms with E-state index in [2.05, 4.69) is 5.16 Å². The molecular weight excluding hydrogens is 222 g/mol. The second-order valence-corrected chi connectivity index (χ2v) is 4.23. The van der Waals surface area contributed by atoms with Gasteiger partial charge in [0.2, 0.25) is 5.91 Å². The number of hydrogen-bond donors (Lipinski definition) is 2. The van der Waals surface area contributed by atoms with Crippen molar-refractivity contribution in [2.45, 2.75) is 32.8 Å². The van der Waals surface area contributed by atoms with Crippen LogP contribution in [0.5, 0.6) is 0 Å². The summed E-state index contributed by atoms with van der Waals surface area (Å²) in [5.74, 6) is -0.694. The van der Waals surface area contributed by atoms with E-state index in [0.717, 1.165) is 12.8 Å². The summed E-state index contributed by atoms with van der Waals surface area (Å²) >= 11 is 0. The van der Waals surface area contributed by atoms with E-state index in [1.807, 2.05) is 6.92 Å². The first-order valence-electron chi connectivity index (χ1n) is 5.98. The van der Waals surface area contributed by atoms with Gasteiger partial charge in [-0.2, -0.15) is 0 Å². The van der Waals surface area contributed by atoms with E-state index in [-0.39, 0.29) is 17.8 Å². The van der Waals surface area contributed by atoms with Gasteiger partial charge >= 0.3 is 0 Å². The van der Waals surface area contributed by atoms with Gasteiger partial charge in [-0.1, -0.05) is 5.16 Å². The predicted molar refractivity (Wildman–Crippen MR) is 63.8 cm³/mol. The highest BCUT2D eigenvalue weighted by atomic mass is 16.5. The molecule has 1 heterocycles. The Kier molecular flexibility index (Phi) is 5.21. The number of hydrogen-bond acceptors (Lipinski definition) is 4. The van der Waals surface area contributed by atoms with Crippen LogP contribution in [0.4, 0.5) is 0 Å².